The number of benzene rings is 2. The van der Waals surface area contributed by atoms with E-state index in [1.165, 1.54) is 12.1 Å². The molecule has 1 saturated heterocycles. The first kappa shape index (κ1) is 20.1. The molecule has 1 aliphatic heterocycles. The maximum atomic E-state index is 13.1. The van der Waals surface area contributed by atoms with Gasteiger partial charge >= 0.3 is 0 Å². The predicted octanol–water partition coefficient (Wildman–Crippen LogP) is 4.73. The lowest BCUT2D eigenvalue weighted by Gasteiger charge is -2.25. The van der Waals surface area contributed by atoms with Crippen LogP contribution in [-0.2, 0) is 17.6 Å². The molecule has 3 aromatic rings. The van der Waals surface area contributed by atoms with E-state index in [9.17, 15) is 9.18 Å². The zero-order valence-electron chi connectivity index (χ0n) is 17.1. The van der Waals surface area contributed by atoms with Gasteiger partial charge in [-0.25, -0.2) is 4.39 Å². The van der Waals surface area contributed by atoms with Crippen molar-refractivity contribution in [1.82, 2.24) is 9.88 Å². The molecule has 0 bridgehead atoms. The summed E-state index contributed by atoms with van der Waals surface area (Å²) in [5, 5.41) is 0. The fraction of sp³-hybridized carbons (Fsp3) is 0.280. The number of rotatable bonds is 6. The van der Waals surface area contributed by atoms with Crippen LogP contribution in [0.5, 0.6) is 5.75 Å². The Bertz CT molecular complexity index is 1020. The van der Waals surface area contributed by atoms with Crippen molar-refractivity contribution in [2.45, 2.75) is 31.7 Å². The number of carbonyl (C=O) groups is 1. The van der Waals surface area contributed by atoms with Gasteiger partial charge < -0.3 is 9.64 Å². The van der Waals surface area contributed by atoms with Gasteiger partial charge in [-0.05, 0) is 48.7 Å². The lowest BCUT2D eigenvalue weighted by atomic mass is 10.1. The molecule has 4 nitrogen and oxygen atoms in total. The van der Waals surface area contributed by atoms with Crippen molar-refractivity contribution in [3.8, 4) is 5.75 Å². The zero-order valence-corrected chi connectivity index (χ0v) is 17.1. The molecule has 0 radical (unpaired) electrons. The van der Waals surface area contributed by atoms with E-state index in [1.807, 2.05) is 47.4 Å². The smallest absolute Gasteiger partial charge is 0.227 e. The van der Waals surface area contributed by atoms with Crippen LogP contribution in [0.1, 0.15) is 41.4 Å². The molecule has 1 amide bonds. The molecule has 4 rings (SSSR count). The Morgan fingerprint density at radius 3 is 2.70 bits per heavy atom. The molecule has 0 aliphatic carbocycles. The average Bonchev–Trinajstić information content (AvgIpc) is 3.26. The molecule has 1 aromatic heterocycles. The standard InChI is InChI=1S/C25H25FN2O2/c1-30-24-10-3-2-6-19(24)17-21-7-4-8-22(27-21)23-9-5-15-28(23)25(29)16-18-11-13-20(26)14-12-18/h2-4,6-8,10-14,23H,5,9,15-17H2,1H3/t23-/m1/s1. The topological polar surface area (TPSA) is 42.4 Å². The van der Waals surface area contributed by atoms with E-state index >= 15 is 0 Å². The molecule has 0 spiro atoms. The predicted molar refractivity (Wildman–Crippen MR) is 114 cm³/mol. The summed E-state index contributed by atoms with van der Waals surface area (Å²) < 4.78 is 18.6. The van der Waals surface area contributed by atoms with Crippen LogP contribution < -0.4 is 4.74 Å². The number of hydrogen-bond acceptors (Lipinski definition) is 3. The van der Waals surface area contributed by atoms with Crippen LogP contribution in [0.3, 0.4) is 0 Å². The number of ether oxygens (including phenoxy) is 1. The molecule has 5 heteroatoms. The van der Waals surface area contributed by atoms with Crippen LogP contribution in [0.4, 0.5) is 4.39 Å². The lowest BCUT2D eigenvalue weighted by molar-refractivity contribution is -0.131. The first-order valence-corrected chi connectivity index (χ1v) is 10.3. The monoisotopic (exact) mass is 404 g/mol. The van der Waals surface area contributed by atoms with E-state index < -0.39 is 0 Å². The molecule has 154 valence electrons. The molecule has 1 atom stereocenters. The highest BCUT2D eigenvalue weighted by molar-refractivity contribution is 5.79. The van der Waals surface area contributed by atoms with E-state index in [1.54, 1.807) is 19.2 Å². The van der Waals surface area contributed by atoms with Gasteiger partial charge in [0.05, 0.1) is 25.3 Å². The van der Waals surface area contributed by atoms with Crippen LogP contribution in [0, 0.1) is 5.82 Å². The van der Waals surface area contributed by atoms with Crippen molar-refractivity contribution >= 4 is 5.91 Å². The van der Waals surface area contributed by atoms with Gasteiger partial charge in [0, 0.05) is 24.2 Å². The highest BCUT2D eigenvalue weighted by Gasteiger charge is 2.30. The third kappa shape index (κ3) is 4.51. The molecule has 0 N–H and O–H groups in total. The molecule has 1 aliphatic rings. The lowest BCUT2D eigenvalue weighted by Crippen LogP contribution is -2.32. The Kier molecular flexibility index (Phi) is 6.07. The zero-order chi connectivity index (χ0) is 20.9. The first-order valence-electron chi connectivity index (χ1n) is 10.3. The summed E-state index contributed by atoms with van der Waals surface area (Å²) in [7, 11) is 1.67. The SMILES string of the molecule is COc1ccccc1Cc1cccc([C@H]2CCCN2C(=O)Cc2ccc(F)cc2)n1. The van der Waals surface area contributed by atoms with E-state index in [0.29, 0.717) is 6.42 Å². The fourth-order valence-corrected chi connectivity index (χ4v) is 4.08. The Labute approximate surface area is 176 Å². The largest absolute Gasteiger partial charge is 0.496 e. The van der Waals surface area contributed by atoms with Gasteiger partial charge in [-0.3, -0.25) is 9.78 Å². The third-order valence-corrected chi connectivity index (χ3v) is 5.58. The van der Waals surface area contributed by atoms with Crippen molar-refractivity contribution < 1.29 is 13.9 Å². The molecular formula is C25H25FN2O2. The number of carbonyl (C=O) groups excluding carboxylic acids is 1. The first-order chi connectivity index (χ1) is 14.6. The number of nitrogens with zero attached hydrogens (tertiary/aromatic N) is 2. The summed E-state index contributed by atoms with van der Waals surface area (Å²) in [5.41, 5.74) is 3.78. The van der Waals surface area contributed by atoms with Crippen LogP contribution in [-0.4, -0.2) is 29.4 Å². The van der Waals surface area contributed by atoms with Crippen LogP contribution in [0.15, 0.2) is 66.7 Å². The van der Waals surface area contributed by atoms with Crippen molar-refractivity contribution in [3.63, 3.8) is 0 Å². The number of para-hydroxylation sites is 1. The second kappa shape index (κ2) is 9.08. The summed E-state index contributed by atoms with van der Waals surface area (Å²) in [6.45, 7) is 0.725. The fourth-order valence-electron chi connectivity index (χ4n) is 4.08. The Morgan fingerprint density at radius 2 is 1.90 bits per heavy atom. The van der Waals surface area contributed by atoms with Crippen molar-refractivity contribution in [1.29, 1.82) is 0 Å². The maximum absolute atomic E-state index is 13.1. The second-order valence-electron chi connectivity index (χ2n) is 7.59. The van der Waals surface area contributed by atoms with Gasteiger partial charge in [0.2, 0.25) is 5.91 Å². The van der Waals surface area contributed by atoms with Crippen LogP contribution in [0.2, 0.25) is 0 Å². The summed E-state index contributed by atoms with van der Waals surface area (Å²) in [6, 6.07) is 20.1. The number of pyridine rings is 1. The number of aromatic nitrogens is 1. The Balaban J connectivity index is 1.50. The van der Waals surface area contributed by atoms with E-state index in [0.717, 1.165) is 47.7 Å². The van der Waals surface area contributed by atoms with Crippen molar-refractivity contribution in [2.24, 2.45) is 0 Å². The highest BCUT2D eigenvalue weighted by Crippen LogP contribution is 2.32. The number of likely N-dealkylation sites (tertiary alicyclic amines) is 1. The van der Waals surface area contributed by atoms with E-state index in [-0.39, 0.29) is 24.2 Å². The Morgan fingerprint density at radius 1 is 1.10 bits per heavy atom. The quantitative estimate of drug-likeness (QED) is 0.597. The maximum Gasteiger partial charge on any atom is 0.227 e. The Hall–Kier alpha value is -3.21. The molecule has 2 heterocycles. The van der Waals surface area contributed by atoms with E-state index in [4.69, 9.17) is 9.72 Å². The number of hydrogen-bond donors (Lipinski definition) is 0. The number of methoxy groups -OCH3 is 1. The van der Waals surface area contributed by atoms with Gasteiger partial charge in [-0.1, -0.05) is 36.4 Å². The minimum absolute atomic E-state index is 0.0180. The third-order valence-electron chi connectivity index (χ3n) is 5.58. The van der Waals surface area contributed by atoms with Crippen molar-refractivity contribution in [2.75, 3.05) is 13.7 Å². The normalized spacial score (nSPS) is 15.9. The molecule has 0 unspecified atom stereocenters. The van der Waals surface area contributed by atoms with Gasteiger partial charge in [0.15, 0.2) is 0 Å². The summed E-state index contributed by atoms with van der Waals surface area (Å²) in [5.74, 6) is 0.615. The van der Waals surface area contributed by atoms with Gasteiger partial charge in [0.25, 0.3) is 0 Å². The molecule has 0 saturated carbocycles. The van der Waals surface area contributed by atoms with E-state index in [2.05, 4.69) is 0 Å². The van der Waals surface area contributed by atoms with Crippen molar-refractivity contribution in [3.05, 3.63) is 95.1 Å². The highest BCUT2D eigenvalue weighted by atomic mass is 19.1. The molecular weight excluding hydrogens is 379 g/mol. The summed E-state index contributed by atoms with van der Waals surface area (Å²) >= 11 is 0. The molecule has 1 fully saturated rings. The minimum Gasteiger partial charge on any atom is -0.496 e. The number of halogens is 1. The average molecular weight is 404 g/mol. The van der Waals surface area contributed by atoms with Gasteiger partial charge in [0.1, 0.15) is 11.6 Å². The van der Waals surface area contributed by atoms with Gasteiger partial charge in [-0.2, -0.15) is 0 Å². The van der Waals surface area contributed by atoms with Gasteiger partial charge in [-0.15, -0.1) is 0 Å². The second-order valence-corrected chi connectivity index (χ2v) is 7.59. The molecule has 2 aromatic carbocycles. The van der Waals surface area contributed by atoms with Crippen LogP contribution >= 0.6 is 0 Å². The molecule has 30 heavy (non-hydrogen) atoms. The number of amides is 1. The minimum atomic E-state index is -0.290. The summed E-state index contributed by atoms with van der Waals surface area (Å²) in [4.78, 5) is 19.7. The van der Waals surface area contributed by atoms with Crippen LogP contribution in [0.25, 0.3) is 0 Å². The summed E-state index contributed by atoms with van der Waals surface area (Å²) in [6.07, 6.45) is 2.81.